The summed E-state index contributed by atoms with van der Waals surface area (Å²) < 4.78 is 13.0. The number of fused-ring (bicyclic) bond motifs is 1. The maximum atomic E-state index is 13.0. The molecule has 0 fully saturated rings. The van der Waals surface area contributed by atoms with Crippen LogP contribution in [-0.4, -0.2) is 10.2 Å². The zero-order valence-electron chi connectivity index (χ0n) is 12.9. The molecule has 0 aliphatic rings. The minimum absolute atomic E-state index is 0.311. The summed E-state index contributed by atoms with van der Waals surface area (Å²) in [6.07, 6.45) is 0. The lowest BCUT2D eigenvalue weighted by Crippen LogP contribution is -2.26. The Labute approximate surface area is 148 Å². The van der Waals surface area contributed by atoms with Gasteiger partial charge in [-0.2, -0.15) is 5.17 Å². The van der Waals surface area contributed by atoms with E-state index < -0.39 is 5.82 Å². The van der Waals surface area contributed by atoms with Crippen LogP contribution in [0.15, 0.2) is 36.4 Å². The highest BCUT2D eigenvalue weighted by atomic mass is 35.5. The number of halogens is 3. The molecule has 0 amide bonds. The highest BCUT2D eigenvalue weighted by molar-refractivity contribution is 6.41. The van der Waals surface area contributed by atoms with E-state index in [1.807, 2.05) is 19.9 Å². The average molecular weight is 366 g/mol. The van der Waals surface area contributed by atoms with E-state index in [1.54, 1.807) is 6.07 Å². The van der Waals surface area contributed by atoms with Gasteiger partial charge in [-0.3, -0.25) is 15.6 Å². The predicted molar refractivity (Wildman–Crippen MR) is 95.5 cm³/mol. The van der Waals surface area contributed by atoms with Crippen molar-refractivity contribution in [2.75, 3.05) is 10.6 Å². The maximum absolute atomic E-state index is 13.0. The van der Waals surface area contributed by atoms with Gasteiger partial charge in [0.05, 0.1) is 21.2 Å². The first-order valence-corrected chi connectivity index (χ1v) is 7.89. The first kappa shape index (κ1) is 16.8. The van der Waals surface area contributed by atoms with Crippen LogP contribution in [0.1, 0.15) is 11.3 Å². The molecule has 0 unspecified atom stereocenters. The van der Waals surface area contributed by atoms with E-state index in [0.717, 1.165) is 21.8 Å². The summed E-state index contributed by atoms with van der Waals surface area (Å²) in [6.45, 7) is 3.79. The van der Waals surface area contributed by atoms with Crippen LogP contribution in [0.3, 0.4) is 0 Å². The van der Waals surface area contributed by atoms with E-state index in [9.17, 15) is 9.60 Å². The van der Waals surface area contributed by atoms with Crippen molar-refractivity contribution in [3.05, 3.63) is 63.5 Å². The molecule has 7 heteroatoms. The Bertz CT molecular complexity index is 908. The normalized spacial score (nSPS) is 10.9. The third kappa shape index (κ3) is 3.11. The van der Waals surface area contributed by atoms with E-state index >= 15 is 0 Å². The van der Waals surface area contributed by atoms with Crippen molar-refractivity contribution < 1.29 is 9.60 Å². The third-order valence-corrected chi connectivity index (χ3v) is 4.20. The summed E-state index contributed by atoms with van der Waals surface area (Å²) in [4.78, 5) is 4.49. The second-order valence-electron chi connectivity index (χ2n) is 5.42. The molecule has 0 saturated heterocycles. The van der Waals surface area contributed by atoms with Gasteiger partial charge in [0.15, 0.2) is 0 Å². The fourth-order valence-corrected chi connectivity index (χ4v) is 3.19. The molecule has 3 rings (SSSR count). The zero-order valence-corrected chi connectivity index (χ0v) is 14.5. The van der Waals surface area contributed by atoms with Gasteiger partial charge in [-0.15, -0.1) is 0 Å². The number of nitrogens with one attached hydrogen (secondary N) is 1. The van der Waals surface area contributed by atoms with Crippen LogP contribution in [0.4, 0.5) is 15.8 Å². The number of hydrazine groups is 1. The lowest BCUT2D eigenvalue weighted by atomic mass is 10.1. The predicted octanol–water partition coefficient (Wildman–Crippen LogP) is 5.52. The Hall–Kier alpha value is -2.08. The van der Waals surface area contributed by atoms with Crippen molar-refractivity contribution in [2.45, 2.75) is 13.8 Å². The van der Waals surface area contributed by atoms with Gasteiger partial charge < -0.3 is 0 Å². The Morgan fingerprint density at radius 1 is 1.08 bits per heavy atom. The second kappa shape index (κ2) is 6.43. The van der Waals surface area contributed by atoms with Crippen LogP contribution >= 0.6 is 23.2 Å². The van der Waals surface area contributed by atoms with Crippen LogP contribution in [0, 0.1) is 19.7 Å². The molecule has 0 saturated carbocycles. The molecule has 24 heavy (non-hydrogen) atoms. The van der Waals surface area contributed by atoms with Crippen molar-refractivity contribution in [2.24, 2.45) is 0 Å². The van der Waals surface area contributed by atoms with E-state index in [1.165, 1.54) is 24.3 Å². The molecule has 3 aromatic rings. The molecule has 4 nitrogen and oxygen atoms in total. The van der Waals surface area contributed by atoms with Crippen molar-refractivity contribution in [1.82, 2.24) is 4.98 Å². The Kier molecular flexibility index (Phi) is 4.49. The molecule has 0 aliphatic carbocycles. The van der Waals surface area contributed by atoms with Crippen LogP contribution < -0.4 is 10.6 Å². The average Bonchev–Trinajstić information content (AvgIpc) is 2.50. The highest BCUT2D eigenvalue weighted by Gasteiger charge is 2.16. The summed E-state index contributed by atoms with van der Waals surface area (Å²) in [7, 11) is 0. The van der Waals surface area contributed by atoms with Gasteiger partial charge in [0, 0.05) is 11.1 Å². The number of nitrogens with zero attached hydrogens (tertiary/aromatic N) is 2. The minimum Gasteiger partial charge on any atom is -0.271 e. The van der Waals surface area contributed by atoms with Crippen molar-refractivity contribution in [3.8, 4) is 0 Å². The standard InChI is InChI=1S/C17H14Cl2FN3O/c1-9-7-10(2)21-17-15(9)13(18)8-14(19)16(17)22-23(24)12-5-3-11(20)4-6-12/h3-8,22,24H,1-2H3. The number of benzene rings is 2. The van der Waals surface area contributed by atoms with Gasteiger partial charge in [-0.05, 0) is 55.8 Å². The minimum atomic E-state index is -0.393. The molecule has 0 bridgehead atoms. The van der Waals surface area contributed by atoms with Gasteiger partial charge in [-0.1, -0.05) is 23.2 Å². The lowest BCUT2D eigenvalue weighted by molar-refractivity contribution is 0.277. The summed E-state index contributed by atoms with van der Waals surface area (Å²) in [5, 5.41) is 12.5. The molecule has 0 radical (unpaired) electrons. The maximum Gasteiger partial charge on any atom is 0.123 e. The molecule has 1 heterocycles. The first-order valence-electron chi connectivity index (χ1n) is 7.14. The van der Waals surface area contributed by atoms with Gasteiger partial charge in [0.25, 0.3) is 0 Å². The van der Waals surface area contributed by atoms with E-state index in [4.69, 9.17) is 23.2 Å². The van der Waals surface area contributed by atoms with E-state index in [0.29, 0.717) is 26.9 Å². The fourth-order valence-electron chi connectivity index (χ4n) is 2.55. The van der Waals surface area contributed by atoms with Crippen LogP contribution in [0.5, 0.6) is 0 Å². The quantitative estimate of drug-likeness (QED) is 0.599. The molecule has 2 N–H and O–H groups in total. The number of hydrogen-bond acceptors (Lipinski definition) is 4. The molecular formula is C17H14Cl2FN3O. The second-order valence-corrected chi connectivity index (χ2v) is 6.23. The van der Waals surface area contributed by atoms with Gasteiger partial charge in [0.2, 0.25) is 0 Å². The number of aryl methyl sites for hydroxylation is 2. The number of anilines is 2. The monoisotopic (exact) mass is 365 g/mol. The molecule has 0 aliphatic heterocycles. The zero-order chi connectivity index (χ0) is 17.4. The number of hydrogen-bond donors (Lipinski definition) is 2. The topological polar surface area (TPSA) is 48.4 Å². The van der Waals surface area contributed by atoms with E-state index in [-0.39, 0.29) is 0 Å². The molecule has 0 atom stereocenters. The highest BCUT2D eigenvalue weighted by Crippen LogP contribution is 2.37. The van der Waals surface area contributed by atoms with Crippen LogP contribution in [0.2, 0.25) is 10.0 Å². The van der Waals surface area contributed by atoms with Gasteiger partial charge >= 0.3 is 0 Å². The number of aromatic nitrogens is 1. The Balaban J connectivity index is 2.10. The third-order valence-electron chi connectivity index (χ3n) is 3.60. The van der Waals surface area contributed by atoms with Crippen LogP contribution in [-0.2, 0) is 0 Å². The van der Waals surface area contributed by atoms with Crippen LogP contribution in [0.25, 0.3) is 10.9 Å². The fraction of sp³-hybridized carbons (Fsp3) is 0.118. The SMILES string of the molecule is Cc1cc(C)c2c(Cl)cc(Cl)c(NN(O)c3ccc(F)cc3)c2n1. The summed E-state index contributed by atoms with van der Waals surface area (Å²) in [6, 6.07) is 8.86. The Morgan fingerprint density at radius 3 is 2.42 bits per heavy atom. The Morgan fingerprint density at radius 2 is 1.75 bits per heavy atom. The summed E-state index contributed by atoms with van der Waals surface area (Å²) >= 11 is 12.6. The van der Waals surface area contributed by atoms with Gasteiger partial charge in [-0.25, -0.2) is 4.39 Å². The van der Waals surface area contributed by atoms with E-state index in [2.05, 4.69) is 10.4 Å². The number of pyridine rings is 1. The molecular weight excluding hydrogens is 352 g/mol. The van der Waals surface area contributed by atoms with Crippen molar-refractivity contribution in [3.63, 3.8) is 0 Å². The largest absolute Gasteiger partial charge is 0.271 e. The van der Waals surface area contributed by atoms with Gasteiger partial charge in [0.1, 0.15) is 11.5 Å². The molecule has 124 valence electrons. The lowest BCUT2D eigenvalue weighted by Gasteiger charge is -2.21. The summed E-state index contributed by atoms with van der Waals surface area (Å²) in [5.74, 6) is -0.393. The molecule has 2 aromatic carbocycles. The number of rotatable bonds is 3. The van der Waals surface area contributed by atoms with Crippen molar-refractivity contribution in [1.29, 1.82) is 0 Å². The smallest absolute Gasteiger partial charge is 0.123 e. The van der Waals surface area contributed by atoms with Crippen molar-refractivity contribution >= 4 is 45.5 Å². The molecule has 1 aromatic heterocycles. The summed E-state index contributed by atoms with van der Waals surface area (Å²) in [5.41, 5.74) is 5.84. The molecule has 0 spiro atoms. The first-order chi connectivity index (χ1) is 11.4.